The minimum Gasteiger partial charge on any atom is -0.396 e. The SMILES string of the molecule is CN(O)C(O)CCO. The molecule has 0 saturated carbocycles. The maximum absolute atomic E-state index is 8.64. The van der Waals surface area contributed by atoms with Crippen LogP contribution in [-0.4, -0.2) is 40.4 Å². The second-order valence-electron chi connectivity index (χ2n) is 1.57. The Morgan fingerprint density at radius 3 is 2.25 bits per heavy atom. The van der Waals surface area contributed by atoms with Crippen LogP contribution in [0.15, 0.2) is 0 Å². The smallest absolute Gasteiger partial charge is 0.131 e. The Morgan fingerprint density at radius 1 is 1.62 bits per heavy atom. The summed E-state index contributed by atoms with van der Waals surface area (Å²) in [5, 5.41) is 25.9. The highest BCUT2D eigenvalue weighted by Crippen LogP contribution is 1.90. The number of rotatable bonds is 3. The molecule has 4 nitrogen and oxygen atoms in total. The Balaban J connectivity index is 3.17. The molecule has 0 rings (SSSR count). The molecule has 4 heteroatoms. The third-order valence-corrected chi connectivity index (χ3v) is 0.819. The van der Waals surface area contributed by atoms with Crippen LogP contribution in [-0.2, 0) is 0 Å². The van der Waals surface area contributed by atoms with Gasteiger partial charge in [0.2, 0.25) is 0 Å². The van der Waals surface area contributed by atoms with E-state index in [9.17, 15) is 0 Å². The van der Waals surface area contributed by atoms with E-state index in [1.165, 1.54) is 7.05 Å². The summed E-state index contributed by atoms with van der Waals surface area (Å²) in [6.45, 7) is -0.119. The molecule has 8 heavy (non-hydrogen) atoms. The molecule has 0 aromatic carbocycles. The van der Waals surface area contributed by atoms with Crippen LogP contribution in [0, 0.1) is 0 Å². The minimum atomic E-state index is -0.944. The van der Waals surface area contributed by atoms with Gasteiger partial charge in [-0.1, -0.05) is 0 Å². The van der Waals surface area contributed by atoms with E-state index in [-0.39, 0.29) is 13.0 Å². The molecule has 1 atom stereocenters. The summed E-state index contributed by atoms with van der Waals surface area (Å²) >= 11 is 0. The molecule has 1 unspecified atom stereocenters. The normalized spacial score (nSPS) is 14.6. The van der Waals surface area contributed by atoms with Crippen LogP contribution < -0.4 is 0 Å². The molecule has 0 aromatic rings. The molecule has 0 aliphatic carbocycles. The van der Waals surface area contributed by atoms with Crippen molar-refractivity contribution in [2.75, 3.05) is 13.7 Å². The molecule has 0 aliphatic rings. The van der Waals surface area contributed by atoms with Crippen LogP contribution in [0.2, 0.25) is 0 Å². The Morgan fingerprint density at radius 2 is 2.12 bits per heavy atom. The topological polar surface area (TPSA) is 63.9 Å². The van der Waals surface area contributed by atoms with E-state index in [0.29, 0.717) is 5.06 Å². The molecule has 0 fully saturated rings. The highest BCUT2D eigenvalue weighted by Gasteiger charge is 2.04. The van der Waals surface area contributed by atoms with Crippen molar-refractivity contribution in [3.63, 3.8) is 0 Å². The van der Waals surface area contributed by atoms with E-state index < -0.39 is 6.23 Å². The van der Waals surface area contributed by atoms with E-state index in [1.807, 2.05) is 0 Å². The van der Waals surface area contributed by atoms with Crippen molar-refractivity contribution in [3.05, 3.63) is 0 Å². The minimum absolute atomic E-state index is 0.119. The summed E-state index contributed by atoms with van der Waals surface area (Å²) in [4.78, 5) is 0. The quantitative estimate of drug-likeness (QED) is 0.331. The van der Waals surface area contributed by atoms with Crippen LogP contribution >= 0.6 is 0 Å². The highest BCUT2D eigenvalue weighted by atomic mass is 16.5. The second kappa shape index (κ2) is 3.80. The molecule has 0 aliphatic heterocycles. The number of aliphatic hydroxyl groups excluding tert-OH is 2. The van der Waals surface area contributed by atoms with Gasteiger partial charge < -0.3 is 15.4 Å². The van der Waals surface area contributed by atoms with Gasteiger partial charge >= 0.3 is 0 Å². The van der Waals surface area contributed by atoms with Crippen molar-refractivity contribution in [3.8, 4) is 0 Å². The molecule has 0 aromatic heterocycles. The van der Waals surface area contributed by atoms with Gasteiger partial charge in [0.15, 0.2) is 0 Å². The molecule has 0 radical (unpaired) electrons. The number of hydroxylamine groups is 2. The van der Waals surface area contributed by atoms with Gasteiger partial charge in [0, 0.05) is 20.1 Å². The van der Waals surface area contributed by atoms with Gasteiger partial charge in [-0.25, -0.2) is 0 Å². The summed E-state index contributed by atoms with van der Waals surface area (Å²) in [6.07, 6.45) is -0.771. The van der Waals surface area contributed by atoms with Gasteiger partial charge in [0.05, 0.1) is 0 Å². The van der Waals surface area contributed by atoms with E-state index in [0.717, 1.165) is 0 Å². The Kier molecular flexibility index (Phi) is 3.72. The molecular formula is C4H11NO3. The summed E-state index contributed by atoms with van der Waals surface area (Å²) in [6, 6.07) is 0. The number of aliphatic hydroxyl groups is 2. The van der Waals surface area contributed by atoms with Gasteiger partial charge in [-0.15, -0.1) is 0 Å². The van der Waals surface area contributed by atoms with E-state index in [1.54, 1.807) is 0 Å². The van der Waals surface area contributed by atoms with Gasteiger partial charge in [0.1, 0.15) is 6.23 Å². The van der Waals surface area contributed by atoms with E-state index in [4.69, 9.17) is 15.4 Å². The summed E-state index contributed by atoms with van der Waals surface area (Å²) in [7, 11) is 1.32. The Hall–Kier alpha value is -0.160. The highest BCUT2D eigenvalue weighted by molar-refractivity contribution is 4.43. The van der Waals surface area contributed by atoms with E-state index >= 15 is 0 Å². The van der Waals surface area contributed by atoms with Crippen LogP contribution in [0.5, 0.6) is 0 Å². The Labute approximate surface area is 47.9 Å². The predicted molar refractivity (Wildman–Crippen MR) is 27.3 cm³/mol. The van der Waals surface area contributed by atoms with Crippen LogP contribution in [0.25, 0.3) is 0 Å². The lowest BCUT2D eigenvalue weighted by Gasteiger charge is -2.14. The fourth-order valence-corrected chi connectivity index (χ4v) is 0.302. The lowest BCUT2D eigenvalue weighted by Crippen LogP contribution is -2.28. The zero-order valence-electron chi connectivity index (χ0n) is 4.78. The maximum atomic E-state index is 8.64. The van der Waals surface area contributed by atoms with Gasteiger partial charge in [-0.05, 0) is 0 Å². The van der Waals surface area contributed by atoms with Crippen molar-refractivity contribution < 1.29 is 15.4 Å². The third-order valence-electron chi connectivity index (χ3n) is 0.819. The summed E-state index contributed by atoms with van der Waals surface area (Å²) in [5.74, 6) is 0. The zero-order chi connectivity index (χ0) is 6.57. The molecular weight excluding hydrogens is 110 g/mol. The van der Waals surface area contributed by atoms with E-state index in [2.05, 4.69) is 0 Å². The molecule has 50 valence electrons. The van der Waals surface area contributed by atoms with Crippen molar-refractivity contribution in [2.45, 2.75) is 12.6 Å². The number of hydrogen-bond donors (Lipinski definition) is 3. The second-order valence-corrected chi connectivity index (χ2v) is 1.57. The van der Waals surface area contributed by atoms with Crippen molar-refractivity contribution in [1.82, 2.24) is 5.06 Å². The fraction of sp³-hybridized carbons (Fsp3) is 1.00. The summed E-state index contributed by atoms with van der Waals surface area (Å²) in [5.41, 5.74) is 0. The molecule has 0 spiro atoms. The van der Waals surface area contributed by atoms with Gasteiger partial charge in [0.25, 0.3) is 0 Å². The zero-order valence-corrected chi connectivity index (χ0v) is 4.78. The van der Waals surface area contributed by atoms with Crippen molar-refractivity contribution in [2.24, 2.45) is 0 Å². The molecule has 0 saturated heterocycles. The van der Waals surface area contributed by atoms with Crippen molar-refractivity contribution in [1.29, 1.82) is 0 Å². The summed E-state index contributed by atoms with van der Waals surface area (Å²) < 4.78 is 0. The Bertz CT molecular complexity index is 57.2. The van der Waals surface area contributed by atoms with Crippen LogP contribution in [0.3, 0.4) is 0 Å². The third kappa shape index (κ3) is 2.92. The van der Waals surface area contributed by atoms with Crippen LogP contribution in [0.1, 0.15) is 6.42 Å². The van der Waals surface area contributed by atoms with Crippen molar-refractivity contribution >= 4 is 0 Å². The number of hydrogen-bond acceptors (Lipinski definition) is 4. The fourth-order valence-electron chi connectivity index (χ4n) is 0.302. The maximum Gasteiger partial charge on any atom is 0.131 e. The van der Waals surface area contributed by atoms with Crippen LogP contribution in [0.4, 0.5) is 0 Å². The average Bonchev–Trinajstić information content (AvgIpc) is 1.67. The first-order valence-electron chi connectivity index (χ1n) is 2.39. The largest absolute Gasteiger partial charge is 0.396 e. The first kappa shape index (κ1) is 7.84. The molecule has 0 bridgehead atoms. The lowest BCUT2D eigenvalue weighted by atomic mass is 10.4. The molecule has 0 amide bonds. The molecule has 0 heterocycles. The lowest BCUT2D eigenvalue weighted by molar-refractivity contribution is -0.181. The number of nitrogens with zero attached hydrogens (tertiary/aromatic N) is 1. The standard InChI is InChI=1S/C4H11NO3/c1-5(8)4(7)2-3-6/h4,6-8H,2-3H2,1H3. The van der Waals surface area contributed by atoms with Gasteiger partial charge in [-0.2, -0.15) is 5.06 Å². The predicted octanol–water partition coefficient (Wildman–Crippen LogP) is -0.992. The van der Waals surface area contributed by atoms with Gasteiger partial charge in [-0.3, -0.25) is 0 Å². The average molecular weight is 121 g/mol. The molecule has 3 N–H and O–H groups in total. The monoisotopic (exact) mass is 121 g/mol. The first-order valence-corrected chi connectivity index (χ1v) is 2.39. The first-order chi connectivity index (χ1) is 3.68.